The molecule has 0 unspecified atom stereocenters. The van der Waals surface area contributed by atoms with Gasteiger partial charge in [-0.05, 0) is 19.1 Å². The van der Waals surface area contributed by atoms with Crippen molar-refractivity contribution in [2.24, 2.45) is 7.05 Å². The van der Waals surface area contributed by atoms with Crippen LogP contribution in [0, 0.1) is 6.92 Å². The minimum absolute atomic E-state index is 0.117. The van der Waals surface area contributed by atoms with Crippen LogP contribution in [0.3, 0.4) is 0 Å². The Kier molecular flexibility index (Phi) is 4.26. The van der Waals surface area contributed by atoms with E-state index in [-0.39, 0.29) is 5.56 Å². The number of ether oxygens (including phenoxy) is 1. The van der Waals surface area contributed by atoms with Crippen molar-refractivity contribution in [2.45, 2.75) is 20.1 Å². The molecule has 0 aliphatic rings. The number of hydrogen-bond acceptors (Lipinski definition) is 6. The topological polar surface area (TPSA) is 74.8 Å². The van der Waals surface area contributed by atoms with Gasteiger partial charge < -0.3 is 4.74 Å². The van der Waals surface area contributed by atoms with Crippen LogP contribution in [0.4, 0.5) is 0 Å². The van der Waals surface area contributed by atoms with Crippen LogP contribution in [0.25, 0.3) is 11.0 Å². The first-order valence-electron chi connectivity index (χ1n) is 8.10. The van der Waals surface area contributed by atoms with Crippen LogP contribution in [-0.4, -0.2) is 24.3 Å². The number of fused-ring (bicyclic) bond motifs is 1. The van der Waals surface area contributed by atoms with E-state index in [1.54, 1.807) is 22.5 Å². The molecule has 0 N–H and O–H groups in total. The van der Waals surface area contributed by atoms with Gasteiger partial charge in [-0.1, -0.05) is 17.7 Å². The molecule has 132 valence electrons. The second kappa shape index (κ2) is 6.72. The van der Waals surface area contributed by atoms with Crippen molar-refractivity contribution in [3.63, 3.8) is 0 Å². The molecule has 0 fully saturated rings. The third kappa shape index (κ3) is 3.23. The summed E-state index contributed by atoms with van der Waals surface area (Å²) in [6, 6.07) is 7.91. The highest BCUT2D eigenvalue weighted by molar-refractivity contribution is 7.09. The van der Waals surface area contributed by atoms with E-state index >= 15 is 0 Å². The molecule has 3 heterocycles. The van der Waals surface area contributed by atoms with E-state index in [0.717, 1.165) is 16.5 Å². The van der Waals surface area contributed by atoms with E-state index in [1.165, 1.54) is 23.2 Å². The van der Waals surface area contributed by atoms with Gasteiger partial charge in [-0.15, -0.1) is 11.3 Å². The average Bonchev–Trinajstić information content (AvgIpc) is 3.24. The number of thiazole rings is 1. The second-order valence-corrected chi connectivity index (χ2v) is 6.96. The molecule has 1 aromatic carbocycles. The molecule has 0 bridgehead atoms. The van der Waals surface area contributed by atoms with Crippen LogP contribution in [-0.2, 0) is 20.2 Å². The quantitative estimate of drug-likeness (QED) is 0.542. The molecule has 4 rings (SSSR count). The molecule has 0 aliphatic carbocycles. The number of rotatable bonds is 5. The molecule has 8 heteroatoms. The maximum Gasteiger partial charge on any atom is 0.264 e. The average molecular weight is 367 g/mol. The maximum absolute atomic E-state index is 12.5. The molecule has 0 saturated carbocycles. The lowest BCUT2D eigenvalue weighted by molar-refractivity contribution is 0.305. The Morgan fingerprint density at radius 1 is 1.23 bits per heavy atom. The van der Waals surface area contributed by atoms with Crippen LogP contribution in [0.15, 0.2) is 47.0 Å². The van der Waals surface area contributed by atoms with Crippen molar-refractivity contribution >= 4 is 22.4 Å². The maximum atomic E-state index is 12.5. The summed E-state index contributed by atoms with van der Waals surface area (Å²) in [6.45, 7) is 2.82. The highest BCUT2D eigenvalue weighted by Crippen LogP contribution is 2.16. The van der Waals surface area contributed by atoms with Gasteiger partial charge in [0.25, 0.3) is 5.56 Å². The molecule has 0 spiro atoms. The van der Waals surface area contributed by atoms with Gasteiger partial charge in [0.05, 0.1) is 18.4 Å². The van der Waals surface area contributed by atoms with Gasteiger partial charge >= 0.3 is 0 Å². The summed E-state index contributed by atoms with van der Waals surface area (Å²) in [6.07, 6.45) is 3.08. The van der Waals surface area contributed by atoms with Crippen LogP contribution in [0.5, 0.6) is 5.75 Å². The summed E-state index contributed by atoms with van der Waals surface area (Å²) in [5.74, 6) is 0.815. The van der Waals surface area contributed by atoms with E-state index < -0.39 is 0 Å². The summed E-state index contributed by atoms with van der Waals surface area (Å²) in [4.78, 5) is 21.4. The van der Waals surface area contributed by atoms with Crippen molar-refractivity contribution in [3.05, 3.63) is 68.8 Å². The molecule has 0 amide bonds. The first-order chi connectivity index (χ1) is 12.6. The molecular formula is C18H17N5O2S. The fourth-order valence-electron chi connectivity index (χ4n) is 2.62. The molecule has 26 heavy (non-hydrogen) atoms. The molecule has 7 nitrogen and oxygen atoms in total. The van der Waals surface area contributed by atoms with E-state index in [0.29, 0.717) is 24.2 Å². The largest absolute Gasteiger partial charge is 0.486 e. The minimum Gasteiger partial charge on any atom is -0.486 e. The lowest BCUT2D eigenvalue weighted by Crippen LogP contribution is -2.21. The number of nitrogens with zero attached hydrogens (tertiary/aromatic N) is 5. The Labute approximate surface area is 153 Å². The molecule has 4 aromatic rings. The van der Waals surface area contributed by atoms with Crippen LogP contribution in [0.1, 0.15) is 16.3 Å². The summed E-state index contributed by atoms with van der Waals surface area (Å²) in [5, 5.41) is 7.39. The second-order valence-electron chi connectivity index (χ2n) is 6.02. The normalized spacial score (nSPS) is 11.2. The molecular weight excluding hydrogens is 350 g/mol. The van der Waals surface area contributed by atoms with E-state index in [2.05, 4.69) is 15.1 Å². The molecule has 3 aromatic heterocycles. The smallest absolute Gasteiger partial charge is 0.264 e. The third-order valence-electron chi connectivity index (χ3n) is 4.03. The molecule has 0 atom stereocenters. The molecule has 0 radical (unpaired) electrons. The number of aromatic nitrogens is 5. The summed E-state index contributed by atoms with van der Waals surface area (Å²) >= 11 is 1.52. The van der Waals surface area contributed by atoms with Crippen molar-refractivity contribution in [2.75, 3.05) is 0 Å². The zero-order chi connectivity index (χ0) is 18.1. The highest BCUT2D eigenvalue weighted by Gasteiger charge is 2.10. The number of aryl methyl sites for hydroxylation is 2. The van der Waals surface area contributed by atoms with Gasteiger partial charge in [0.15, 0.2) is 5.65 Å². The Morgan fingerprint density at radius 2 is 2.04 bits per heavy atom. The van der Waals surface area contributed by atoms with Crippen molar-refractivity contribution in [1.29, 1.82) is 0 Å². The van der Waals surface area contributed by atoms with E-state index in [9.17, 15) is 4.79 Å². The minimum atomic E-state index is -0.117. The van der Waals surface area contributed by atoms with Gasteiger partial charge in [0.2, 0.25) is 0 Å². The SMILES string of the molecule is Cc1ccc(OCc2nc(Cn3cnc4c(cnn4C)c3=O)cs2)cc1. The zero-order valence-corrected chi connectivity index (χ0v) is 15.2. The monoisotopic (exact) mass is 367 g/mol. The first-order valence-corrected chi connectivity index (χ1v) is 8.98. The fraction of sp³-hybridized carbons (Fsp3) is 0.222. The standard InChI is InChI=1S/C18H17N5O2S/c1-12-3-5-14(6-4-12)25-9-16-21-13(10-26-16)8-23-11-19-17-15(18(23)24)7-20-22(17)2/h3-7,10-11H,8-9H2,1-2H3. The van der Waals surface area contributed by atoms with Gasteiger partial charge in [-0.3, -0.25) is 14.0 Å². The van der Waals surface area contributed by atoms with Crippen LogP contribution < -0.4 is 10.3 Å². The fourth-order valence-corrected chi connectivity index (χ4v) is 3.32. The highest BCUT2D eigenvalue weighted by atomic mass is 32.1. The first kappa shape index (κ1) is 16.5. The van der Waals surface area contributed by atoms with Crippen LogP contribution >= 0.6 is 11.3 Å². The van der Waals surface area contributed by atoms with Crippen molar-refractivity contribution in [1.82, 2.24) is 24.3 Å². The van der Waals surface area contributed by atoms with Crippen molar-refractivity contribution in [3.8, 4) is 5.75 Å². The molecule has 0 saturated heterocycles. The summed E-state index contributed by atoms with van der Waals surface area (Å²) in [7, 11) is 1.76. The zero-order valence-electron chi connectivity index (χ0n) is 14.4. The Morgan fingerprint density at radius 3 is 2.85 bits per heavy atom. The number of benzene rings is 1. The van der Waals surface area contributed by atoms with E-state index in [4.69, 9.17) is 4.74 Å². The number of hydrogen-bond donors (Lipinski definition) is 0. The lowest BCUT2D eigenvalue weighted by Gasteiger charge is -2.04. The van der Waals surface area contributed by atoms with Crippen LogP contribution in [0.2, 0.25) is 0 Å². The van der Waals surface area contributed by atoms with Crippen molar-refractivity contribution < 1.29 is 4.74 Å². The van der Waals surface area contributed by atoms with Gasteiger partial charge in [0.1, 0.15) is 29.1 Å². The molecule has 0 aliphatic heterocycles. The predicted octanol–water partition coefficient (Wildman–Crippen LogP) is 2.52. The predicted molar refractivity (Wildman–Crippen MR) is 99.5 cm³/mol. The Bertz CT molecular complexity index is 1110. The van der Waals surface area contributed by atoms with Gasteiger partial charge in [-0.25, -0.2) is 9.97 Å². The Balaban J connectivity index is 1.47. The summed E-state index contributed by atoms with van der Waals surface area (Å²) in [5.41, 5.74) is 2.47. The third-order valence-corrected chi connectivity index (χ3v) is 4.90. The van der Waals surface area contributed by atoms with E-state index in [1.807, 2.05) is 36.6 Å². The Hall–Kier alpha value is -3.00. The summed E-state index contributed by atoms with van der Waals surface area (Å²) < 4.78 is 8.88. The lowest BCUT2D eigenvalue weighted by atomic mass is 10.2. The van der Waals surface area contributed by atoms with Gasteiger partial charge in [-0.2, -0.15) is 5.10 Å². The van der Waals surface area contributed by atoms with Gasteiger partial charge in [0, 0.05) is 12.4 Å².